The van der Waals surface area contributed by atoms with E-state index in [1.807, 2.05) is 42.5 Å². The summed E-state index contributed by atoms with van der Waals surface area (Å²) < 4.78 is 30.9. The van der Waals surface area contributed by atoms with Crippen molar-refractivity contribution in [2.45, 2.75) is 6.54 Å². The molecule has 0 saturated carbocycles. The van der Waals surface area contributed by atoms with Crippen molar-refractivity contribution in [2.75, 3.05) is 0 Å². The third kappa shape index (κ3) is 3.12. The van der Waals surface area contributed by atoms with Crippen LogP contribution in [0.3, 0.4) is 0 Å². The molecule has 0 fully saturated rings. The Labute approximate surface area is 170 Å². The number of pyridine rings is 1. The molecule has 4 nitrogen and oxygen atoms in total. The van der Waals surface area contributed by atoms with E-state index in [1.54, 1.807) is 0 Å². The highest BCUT2D eigenvalue weighted by molar-refractivity contribution is 5.87. The molecule has 6 heteroatoms. The molecule has 5 rings (SSSR count). The van der Waals surface area contributed by atoms with E-state index in [2.05, 4.69) is 9.97 Å². The van der Waals surface area contributed by atoms with Crippen molar-refractivity contribution in [2.24, 2.45) is 0 Å². The molecule has 3 aromatic carbocycles. The van der Waals surface area contributed by atoms with Crippen LogP contribution in [0.2, 0.25) is 0 Å². The molecule has 30 heavy (non-hydrogen) atoms. The molecule has 0 unspecified atom stereocenters. The topological polar surface area (TPSA) is 47.8 Å². The molecular formula is C24H15F2N3O. The van der Waals surface area contributed by atoms with Crippen LogP contribution in [0.5, 0.6) is 0 Å². The number of rotatable bonds is 3. The first-order chi connectivity index (χ1) is 14.6. The first kappa shape index (κ1) is 18.1. The molecule has 0 radical (unpaired) electrons. The lowest BCUT2D eigenvalue weighted by atomic mass is 9.99. The van der Waals surface area contributed by atoms with E-state index < -0.39 is 11.6 Å². The van der Waals surface area contributed by atoms with Gasteiger partial charge >= 0.3 is 0 Å². The molecule has 2 aromatic heterocycles. The monoisotopic (exact) mass is 399 g/mol. The predicted molar refractivity (Wildman–Crippen MR) is 112 cm³/mol. The van der Waals surface area contributed by atoms with E-state index in [4.69, 9.17) is 0 Å². The fourth-order valence-corrected chi connectivity index (χ4v) is 3.58. The molecule has 0 amide bonds. The maximum Gasteiger partial charge on any atom is 0.261 e. The summed E-state index contributed by atoms with van der Waals surface area (Å²) in [6.45, 7) is -0.250. The van der Waals surface area contributed by atoms with Gasteiger partial charge < -0.3 is 0 Å². The van der Waals surface area contributed by atoms with E-state index in [9.17, 15) is 13.6 Å². The molecular weight excluding hydrogens is 384 g/mol. The third-order valence-corrected chi connectivity index (χ3v) is 5.18. The van der Waals surface area contributed by atoms with Crippen molar-refractivity contribution in [3.63, 3.8) is 0 Å². The lowest BCUT2D eigenvalue weighted by molar-refractivity contribution is 0.541. The molecule has 2 heterocycles. The third-order valence-electron chi connectivity index (χ3n) is 5.18. The van der Waals surface area contributed by atoms with Crippen LogP contribution in [0.4, 0.5) is 8.78 Å². The van der Waals surface area contributed by atoms with Crippen molar-refractivity contribution >= 4 is 21.7 Å². The van der Waals surface area contributed by atoms with Crippen LogP contribution < -0.4 is 5.56 Å². The Morgan fingerprint density at radius 1 is 0.867 bits per heavy atom. The number of hydrogen-bond donors (Lipinski definition) is 0. The summed E-state index contributed by atoms with van der Waals surface area (Å²) in [6.07, 6.45) is 4.23. The van der Waals surface area contributed by atoms with Gasteiger partial charge in [0.2, 0.25) is 0 Å². The van der Waals surface area contributed by atoms with Gasteiger partial charge in [-0.15, -0.1) is 0 Å². The number of nitrogens with zero attached hydrogens (tertiary/aromatic N) is 3. The Morgan fingerprint density at radius 3 is 2.43 bits per heavy atom. The maximum absolute atomic E-state index is 14.9. The van der Waals surface area contributed by atoms with Crippen LogP contribution in [0.1, 0.15) is 5.56 Å². The summed E-state index contributed by atoms with van der Waals surface area (Å²) in [5, 5.41) is 2.39. The zero-order valence-electron chi connectivity index (χ0n) is 15.7. The van der Waals surface area contributed by atoms with Crippen molar-refractivity contribution in [3.8, 4) is 11.1 Å². The summed E-state index contributed by atoms with van der Waals surface area (Å²) in [4.78, 5) is 20.7. The van der Waals surface area contributed by atoms with Crippen LogP contribution >= 0.6 is 0 Å². The SMILES string of the molecule is O=c1c2ccncc2ncn1Cc1c(F)cc(-c2ccc3ccccc3c2)cc1F. The van der Waals surface area contributed by atoms with Gasteiger partial charge in [-0.05, 0) is 46.2 Å². The molecule has 0 spiro atoms. The first-order valence-corrected chi connectivity index (χ1v) is 9.36. The number of benzene rings is 3. The van der Waals surface area contributed by atoms with Crippen LogP contribution in [-0.4, -0.2) is 14.5 Å². The zero-order chi connectivity index (χ0) is 20.7. The molecule has 0 N–H and O–H groups in total. The van der Waals surface area contributed by atoms with Crippen molar-refractivity contribution in [1.82, 2.24) is 14.5 Å². The fraction of sp³-hybridized carbons (Fsp3) is 0.0417. The smallest absolute Gasteiger partial charge is 0.261 e. The predicted octanol–water partition coefficient (Wildman–Crippen LogP) is 4.94. The lowest BCUT2D eigenvalue weighted by Crippen LogP contribution is -2.22. The van der Waals surface area contributed by atoms with Gasteiger partial charge in [0.1, 0.15) is 11.6 Å². The highest BCUT2D eigenvalue weighted by Crippen LogP contribution is 2.28. The highest BCUT2D eigenvalue weighted by Gasteiger charge is 2.15. The standard InChI is InChI=1S/C24H15F2N3O/c25-21-10-18(17-6-5-15-3-1-2-4-16(15)9-17)11-22(26)20(21)13-29-14-28-23-12-27-8-7-19(23)24(29)30/h1-12,14H,13H2. The second kappa shape index (κ2) is 7.15. The van der Waals surface area contributed by atoms with Gasteiger partial charge in [0.15, 0.2) is 0 Å². The van der Waals surface area contributed by atoms with E-state index >= 15 is 0 Å². The number of halogens is 2. The summed E-state index contributed by atoms with van der Waals surface area (Å²) in [7, 11) is 0. The summed E-state index contributed by atoms with van der Waals surface area (Å²) in [5.41, 5.74) is 1.03. The minimum Gasteiger partial charge on any atom is -0.294 e. The van der Waals surface area contributed by atoms with E-state index in [0.29, 0.717) is 16.5 Å². The average Bonchev–Trinajstić information content (AvgIpc) is 2.77. The van der Waals surface area contributed by atoms with Crippen LogP contribution in [0, 0.1) is 11.6 Å². The van der Waals surface area contributed by atoms with Gasteiger partial charge in [0.05, 0.1) is 30.0 Å². The molecule has 0 atom stereocenters. The second-order valence-electron chi connectivity index (χ2n) is 7.05. The Hall–Kier alpha value is -3.93. The van der Waals surface area contributed by atoms with Crippen LogP contribution in [-0.2, 0) is 6.54 Å². The molecule has 0 aliphatic heterocycles. The Kier molecular flexibility index (Phi) is 4.32. The fourth-order valence-electron chi connectivity index (χ4n) is 3.58. The van der Waals surface area contributed by atoms with Crippen LogP contribution in [0.25, 0.3) is 32.8 Å². The van der Waals surface area contributed by atoms with Gasteiger partial charge in [-0.25, -0.2) is 13.8 Å². The summed E-state index contributed by atoms with van der Waals surface area (Å²) in [5.74, 6) is -1.42. The molecule has 0 bridgehead atoms. The van der Waals surface area contributed by atoms with Gasteiger partial charge in [-0.1, -0.05) is 36.4 Å². The minimum atomic E-state index is -0.708. The first-order valence-electron chi connectivity index (χ1n) is 9.36. The zero-order valence-corrected chi connectivity index (χ0v) is 15.7. The average molecular weight is 399 g/mol. The highest BCUT2D eigenvalue weighted by atomic mass is 19.1. The number of fused-ring (bicyclic) bond motifs is 2. The van der Waals surface area contributed by atoms with E-state index in [1.165, 1.54) is 41.5 Å². The van der Waals surface area contributed by atoms with E-state index in [-0.39, 0.29) is 17.7 Å². The Balaban J connectivity index is 1.54. The van der Waals surface area contributed by atoms with Gasteiger partial charge in [-0.3, -0.25) is 14.3 Å². The summed E-state index contributed by atoms with van der Waals surface area (Å²) in [6, 6.07) is 17.6. The van der Waals surface area contributed by atoms with Gasteiger partial charge in [0.25, 0.3) is 5.56 Å². The maximum atomic E-state index is 14.9. The second-order valence-corrected chi connectivity index (χ2v) is 7.05. The van der Waals surface area contributed by atoms with Crippen molar-refractivity contribution in [3.05, 3.63) is 107 Å². The summed E-state index contributed by atoms with van der Waals surface area (Å²) >= 11 is 0. The Morgan fingerprint density at radius 2 is 1.63 bits per heavy atom. The van der Waals surface area contributed by atoms with Crippen molar-refractivity contribution in [1.29, 1.82) is 0 Å². The van der Waals surface area contributed by atoms with Gasteiger partial charge in [0, 0.05) is 11.8 Å². The Bertz CT molecular complexity index is 1450. The molecule has 0 aliphatic carbocycles. The molecule has 146 valence electrons. The minimum absolute atomic E-state index is 0.183. The lowest BCUT2D eigenvalue weighted by Gasteiger charge is -2.11. The number of hydrogen-bond acceptors (Lipinski definition) is 3. The quantitative estimate of drug-likeness (QED) is 0.432. The van der Waals surface area contributed by atoms with E-state index in [0.717, 1.165) is 16.3 Å². The molecule has 0 saturated heterocycles. The normalized spacial score (nSPS) is 11.3. The number of aromatic nitrogens is 3. The van der Waals surface area contributed by atoms with Crippen LogP contribution in [0.15, 0.2) is 84.2 Å². The molecule has 0 aliphatic rings. The molecule has 5 aromatic rings. The van der Waals surface area contributed by atoms with Gasteiger partial charge in [-0.2, -0.15) is 0 Å². The largest absolute Gasteiger partial charge is 0.294 e. The van der Waals surface area contributed by atoms with Crippen molar-refractivity contribution < 1.29 is 8.78 Å².